The molecular formula is C10H10FN5O2S. The van der Waals surface area contributed by atoms with Gasteiger partial charge in [-0.3, -0.25) is 0 Å². The van der Waals surface area contributed by atoms with Crippen molar-refractivity contribution in [2.45, 2.75) is 18.9 Å². The van der Waals surface area contributed by atoms with E-state index in [0.29, 0.717) is 11.4 Å². The van der Waals surface area contributed by atoms with Crippen LogP contribution in [-0.2, 0) is 10.0 Å². The van der Waals surface area contributed by atoms with Gasteiger partial charge in [-0.1, -0.05) is 0 Å². The molecule has 0 aromatic carbocycles. The van der Waals surface area contributed by atoms with Gasteiger partial charge in [-0.05, 0) is 26.0 Å². The molecule has 0 unspecified atom stereocenters. The molecule has 7 nitrogen and oxygen atoms in total. The molecule has 0 saturated heterocycles. The molecule has 9 heteroatoms. The average molecular weight is 283 g/mol. The summed E-state index contributed by atoms with van der Waals surface area (Å²) in [6.45, 7) is 3.34. The Bertz CT molecular complexity index is 720. The molecule has 2 heterocycles. The second-order valence-electron chi connectivity index (χ2n) is 3.70. The van der Waals surface area contributed by atoms with Crippen LogP contribution in [-0.4, -0.2) is 28.6 Å². The van der Waals surface area contributed by atoms with Crippen LogP contribution in [0.5, 0.6) is 0 Å². The minimum absolute atomic E-state index is 0.229. The molecule has 0 aliphatic heterocycles. The van der Waals surface area contributed by atoms with Crippen LogP contribution in [0.3, 0.4) is 0 Å². The standard InChI is InChI=1S/C10H10FN5O2S/c1-6-7(2)14-15-10(13-6)16-19(17,18)9-8(11)4-3-5-12-9/h3-5H,1-2H3,(H,13,15,16). The number of pyridine rings is 1. The van der Waals surface area contributed by atoms with E-state index >= 15 is 0 Å². The van der Waals surface area contributed by atoms with Crippen molar-refractivity contribution in [2.24, 2.45) is 0 Å². The third-order valence-electron chi connectivity index (χ3n) is 2.30. The normalized spacial score (nSPS) is 11.3. The van der Waals surface area contributed by atoms with Crippen molar-refractivity contribution in [3.8, 4) is 0 Å². The molecule has 1 N–H and O–H groups in total. The van der Waals surface area contributed by atoms with Gasteiger partial charge in [0.2, 0.25) is 5.03 Å². The molecule has 0 aliphatic rings. The van der Waals surface area contributed by atoms with Gasteiger partial charge in [0, 0.05) is 6.20 Å². The molecule has 2 aromatic rings. The summed E-state index contributed by atoms with van der Waals surface area (Å²) < 4.78 is 39.2. The van der Waals surface area contributed by atoms with Crippen LogP contribution in [0.25, 0.3) is 0 Å². The lowest BCUT2D eigenvalue weighted by molar-refractivity contribution is 0.556. The topological polar surface area (TPSA) is 97.7 Å². The van der Waals surface area contributed by atoms with E-state index in [9.17, 15) is 12.8 Å². The number of nitrogens with zero attached hydrogens (tertiary/aromatic N) is 4. The highest BCUT2D eigenvalue weighted by atomic mass is 32.2. The number of anilines is 1. The van der Waals surface area contributed by atoms with Gasteiger partial charge in [-0.2, -0.15) is 13.5 Å². The van der Waals surface area contributed by atoms with Crippen molar-refractivity contribution in [2.75, 3.05) is 4.72 Å². The fourth-order valence-corrected chi connectivity index (χ4v) is 2.19. The summed E-state index contributed by atoms with van der Waals surface area (Å²) in [6.07, 6.45) is 1.18. The first-order valence-electron chi connectivity index (χ1n) is 5.21. The molecule has 0 amide bonds. The Labute approximate surface area is 109 Å². The molecule has 2 aromatic heterocycles. The molecule has 0 bridgehead atoms. The third kappa shape index (κ3) is 2.81. The number of sulfonamides is 1. The molecule has 0 radical (unpaired) electrons. The molecule has 0 fully saturated rings. The minimum atomic E-state index is -4.17. The predicted octanol–water partition coefficient (Wildman–Crippen LogP) is 0.823. The van der Waals surface area contributed by atoms with E-state index in [-0.39, 0.29) is 5.95 Å². The minimum Gasteiger partial charge on any atom is -0.244 e. The van der Waals surface area contributed by atoms with Gasteiger partial charge in [-0.15, -0.1) is 5.10 Å². The molecule has 0 spiro atoms. The van der Waals surface area contributed by atoms with Crippen molar-refractivity contribution in [3.63, 3.8) is 0 Å². The summed E-state index contributed by atoms with van der Waals surface area (Å²) in [5.74, 6) is -1.18. The highest BCUT2D eigenvalue weighted by Crippen LogP contribution is 2.13. The number of nitrogens with one attached hydrogen (secondary N) is 1. The van der Waals surface area contributed by atoms with Crippen molar-refractivity contribution in [1.29, 1.82) is 0 Å². The Morgan fingerprint density at radius 3 is 2.58 bits per heavy atom. The van der Waals surface area contributed by atoms with Gasteiger partial charge in [0.25, 0.3) is 16.0 Å². The summed E-state index contributed by atoms with van der Waals surface area (Å²) in [6, 6.07) is 2.30. The smallest absolute Gasteiger partial charge is 0.244 e. The first-order valence-corrected chi connectivity index (χ1v) is 6.70. The van der Waals surface area contributed by atoms with Gasteiger partial charge < -0.3 is 0 Å². The first-order chi connectivity index (χ1) is 8.90. The van der Waals surface area contributed by atoms with Gasteiger partial charge in [0.15, 0.2) is 5.82 Å². The Morgan fingerprint density at radius 2 is 1.95 bits per heavy atom. The summed E-state index contributed by atoms with van der Waals surface area (Å²) >= 11 is 0. The maximum absolute atomic E-state index is 13.4. The van der Waals surface area contributed by atoms with Crippen LogP contribution in [0, 0.1) is 19.7 Å². The SMILES string of the molecule is Cc1nnc(NS(=O)(=O)c2ncccc2F)nc1C. The highest BCUT2D eigenvalue weighted by Gasteiger charge is 2.22. The van der Waals surface area contributed by atoms with Crippen LogP contribution in [0.4, 0.5) is 10.3 Å². The number of aryl methyl sites for hydroxylation is 2. The predicted molar refractivity (Wildman–Crippen MR) is 64.3 cm³/mol. The summed E-state index contributed by atoms with van der Waals surface area (Å²) in [7, 11) is -4.17. The van der Waals surface area contributed by atoms with E-state index in [1.807, 2.05) is 4.72 Å². The van der Waals surface area contributed by atoms with E-state index in [1.54, 1.807) is 13.8 Å². The number of hydrogen-bond donors (Lipinski definition) is 1. The van der Waals surface area contributed by atoms with Gasteiger partial charge in [0.05, 0.1) is 11.4 Å². The van der Waals surface area contributed by atoms with Crippen LogP contribution in [0.15, 0.2) is 23.4 Å². The fourth-order valence-electron chi connectivity index (χ4n) is 1.24. The highest BCUT2D eigenvalue weighted by molar-refractivity contribution is 7.92. The molecule has 0 atom stereocenters. The maximum atomic E-state index is 13.4. The van der Waals surface area contributed by atoms with Crippen molar-refractivity contribution in [3.05, 3.63) is 35.5 Å². The molecule has 19 heavy (non-hydrogen) atoms. The molecule has 2 rings (SSSR count). The summed E-state index contributed by atoms with van der Waals surface area (Å²) in [5, 5.41) is 6.59. The lowest BCUT2D eigenvalue weighted by Gasteiger charge is -2.06. The monoisotopic (exact) mass is 283 g/mol. The number of rotatable bonds is 3. The summed E-state index contributed by atoms with van der Waals surface area (Å²) in [5.41, 5.74) is 1.10. The largest absolute Gasteiger partial charge is 0.284 e. The second kappa shape index (κ2) is 4.84. The fraction of sp³-hybridized carbons (Fsp3) is 0.200. The average Bonchev–Trinajstić information content (AvgIpc) is 2.34. The van der Waals surface area contributed by atoms with E-state index in [4.69, 9.17) is 0 Å². The summed E-state index contributed by atoms with van der Waals surface area (Å²) in [4.78, 5) is 7.38. The van der Waals surface area contributed by atoms with E-state index in [0.717, 1.165) is 6.07 Å². The lowest BCUT2D eigenvalue weighted by atomic mass is 10.4. The zero-order chi connectivity index (χ0) is 14.0. The van der Waals surface area contributed by atoms with Crippen LogP contribution in [0.1, 0.15) is 11.4 Å². The van der Waals surface area contributed by atoms with E-state index in [1.165, 1.54) is 12.3 Å². The lowest BCUT2D eigenvalue weighted by Crippen LogP contribution is -2.18. The van der Waals surface area contributed by atoms with Gasteiger partial charge >= 0.3 is 0 Å². The quantitative estimate of drug-likeness (QED) is 0.895. The second-order valence-corrected chi connectivity index (χ2v) is 5.30. The molecule has 0 saturated carbocycles. The third-order valence-corrected chi connectivity index (χ3v) is 3.56. The Hall–Kier alpha value is -2.16. The van der Waals surface area contributed by atoms with Gasteiger partial charge in [-0.25, -0.2) is 19.1 Å². The Kier molecular flexibility index (Phi) is 3.38. The number of halogens is 1. The van der Waals surface area contributed by atoms with Gasteiger partial charge in [0.1, 0.15) is 0 Å². The van der Waals surface area contributed by atoms with Crippen LogP contribution >= 0.6 is 0 Å². The number of aromatic nitrogens is 4. The van der Waals surface area contributed by atoms with Crippen LogP contribution < -0.4 is 4.72 Å². The van der Waals surface area contributed by atoms with Crippen molar-refractivity contribution >= 4 is 16.0 Å². The molecule has 100 valence electrons. The maximum Gasteiger partial charge on any atom is 0.284 e. The molecular weight excluding hydrogens is 273 g/mol. The van der Waals surface area contributed by atoms with Crippen LogP contribution in [0.2, 0.25) is 0 Å². The zero-order valence-corrected chi connectivity index (χ0v) is 10.9. The molecule has 0 aliphatic carbocycles. The van der Waals surface area contributed by atoms with E-state index < -0.39 is 20.9 Å². The Balaban J connectivity index is 2.37. The zero-order valence-electron chi connectivity index (χ0n) is 10.1. The van der Waals surface area contributed by atoms with Crippen molar-refractivity contribution in [1.82, 2.24) is 20.2 Å². The first kappa shape index (κ1) is 13.3. The van der Waals surface area contributed by atoms with Crippen molar-refractivity contribution < 1.29 is 12.8 Å². The number of hydrogen-bond acceptors (Lipinski definition) is 6. The van der Waals surface area contributed by atoms with E-state index in [2.05, 4.69) is 20.2 Å². The Morgan fingerprint density at radius 1 is 1.21 bits per heavy atom.